The van der Waals surface area contributed by atoms with Crippen LogP contribution in [0.2, 0.25) is 0 Å². The molecule has 0 radical (unpaired) electrons. The maximum absolute atomic E-state index is 17.8. The maximum Gasteiger partial charge on any atom is 0.354 e. The van der Waals surface area contributed by atoms with E-state index in [1.165, 1.54) is 0 Å². The lowest BCUT2D eigenvalue weighted by Crippen LogP contribution is -2.53. The highest BCUT2D eigenvalue weighted by Crippen LogP contribution is 2.74. The van der Waals surface area contributed by atoms with Gasteiger partial charge in [-0.2, -0.15) is 0 Å². The van der Waals surface area contributed by atoms with Crippen LogP contribution < -0.4 is 15.7 Å². The van der Waals surface area contributed by atoms with Gasteiger partial charge < -0.3 is 9.47 Å². The average Bonchev–Trinajstić information content (AvgIpc) is 3.64. The summed E-state index contributed by atoms with van der Waals surface area (Å²) in [6.45, 7) is 3.77. The summed E-state index contributed by atoms with van der Waals surface area (Å²) in [5.74, 6) is -2.50. The van der Waals surface area contributed by atoms with E-state index in [1.807, 2.05) is 238 Å². The fraction of sp³-hybridized carbons (Fsp3) is 0.148. The fourth-order valence-corrected chi connectivity index (χ4v) is 14.9. The molecule has 8 aromatic rings. The third-order valence-electron chi connectivity index (χ3n) is 12.2. The van der Waals surface area contributed by atoms with Gasteiger partial charge in [0, 0.05) is 10.6 Å². The fourth-order valence-electron chi connectivity index (χ4n) is 9.38. The molecule has 10 rings (SSSR count). The van der Waals surface area contributed by atoms with Crippen molar-refractivity contribution in [3.8, 4) is 0 Å². The Labute approximate surface area is 368 Å². The zero-order valence-electron chi connectivity index (χ0n) is 34.9. The summed E-state index contributed by atoms with van der Waals surface area (Å²) in [5.41, 5.74) is 0.00652. The lowest BCUT2D eigenvalue weighted by molar-refractivity contribution is -0.176. The minimum Gasteiger partial charge on any atom is -0.341 e. The van der Waals surface area contributed by atoms with Crippen molar-refractivity contribution in [2.75, 3.05) is 0 Å². The number of hydrogen-bond donors (Lipinski definition) is 1. The average molecular weight is 868 g/mol. The van der Waals surface area contributed by atoms with Gasteiger partial charge in [0.1, 0.15) is 18.0 Å². The molecule has 2 aliphatic heterocycles. The van der Waals surface area contributed by atoms with E-state index >= 15 is 9.13 Å². The van der Waals surface area contributed by atoms with Crippen molar-refractivity contribution in [2.45, 2.75) is 48.8 Å². The largest absolute Gasteiger partial charge is 0.354 e. The maximum atomic E-state index is 17.8. The molecule has 0 unspecified atom stereocenters. The first-order valence-corrected chi connectivity index (χ1v) is 24.5. The van der Waals surface area contributed by atoms with Crippen molar-refractivity contribution in [3.05, 3.63) is 252 Å². The quantitative estimate of drug-likeness (QED) is 0.137. The Balaban J connectivity index is 1.34. The molecular weight excluding hydrogens is 821 g/mol. The molecule has 1 N–H and O–H groups in total. The summed E-state index contributed by atoms with van der Waals surface area (Å²) in [6.07, 6.45) is -1.94. The van der Waals surface area contributed by atoms with Crippen molar-refractivity contribution in [1.29, 1.82) is 0 Å². The number of benzene rings is 8. The molecule has 0 aliphatic carbocycles. The number of hydrogen-bond acceptors (Lipinski definition) is 6. The van der Waals surface area contributed by atoms with E-state index < -0.39 is 49.9 Å². The first kappa shape index (κ1) is 41.3. The number of ether oxygens (including phenoxy) is 2. The minimum atomic E-state index is -4.85. The Morgan fingerprint density at radius 3 is 1.22 bits per heavy atom. The zero-order valence-corrected chi connectivity index (χ0v) is 36.7. The molecule has 0 amide bonds. The zero-order chi connectivity index (χ0) is 43.1. The molecule has 9 heteroatoms. The SMILES string of the molecule is CC1(C)O[C@@H]2[C@@H](O1)C(c1ccccc1)(c1ccccc1)OP(=O)([C@@H](NP(=O)(c1ccccc1)c1ccccc1)c1ccc3ccccc3c1)OC2(c1ccccc1)c1ccccc1. The first-order chi connectivity index (χ1) is 30.6. The summed E-state index contributed by atoms with van der Waals surface area (Å²) >= 11 is 0. The smallest absolute Gasteiger partial charge is 0.341 e. The number of rotatable bonds is 10. The predicted molar refractivity (Wildman–Crippen MR) is 251 cm³/mol. The van der Waals surface area contributed by atoms with Gasteiger partial charge in [-0.05, 0) is 82.8 Å². The second-order valence-electron chi connectivity index (χ2n) is 16.6. The first-order valence-electron chi connectivity index (χ1n) is 21.2. The van der Waals surface area contributed by atoms with E-state index in [9.17, 15) is 0 Å². The normalized spacial score (nSPS) is 20.3. The molecule has 3 atom stereocenters. The van der Waals surface area contributed by atoms with Crippen molar-refractivity contribution >= 4 is 36.3 Å². The van der Waals surface area contributed by atoms with Crippen molar-refractivity contribution in [3.63, 3.8) is 0 Å². The third kappa shape index (κ3) is 7.25. The Morgan fingerprint density at radius 2 is 0.825 bits per heavy atom. The summed E-state index contributed by atoms with van der Waals surface area (Å²) in [6, 6.07) is 71.5. The van der Waals surface area contributed by atoms with Crippen LogP contribution in [0.1, 0.15) is 47.4 Å². The molecule has 63 heavy (non-hydrogen) atoms. The number of nitrogens with one attached hydrogen (secondary N) is 1. The predicted octanol–water partition coefficient (Wildman–Crippen LogP) is 12.0. The summed E-state index contributed by atoms with van der Waals surface area (Å²) in [5, 5.41) is 6.55. The molecule has 2 aliphatic rings. The van der Waals surface area contributed by atoms with Crippen LogP contribution in [0.25, 0.3) is 10.8 Å². The molecule has 314 valence electrons. The van der Waals surface area contributed by atoms with Gasteiger partial charge in [-0.3, -0.25) is 18.2 Å². The summed E-state index contributed by atoms with van der Waals surface area (Å²) in [7, 11) is -8.74. The molecule has 0 saturated carbocycles. The highest BCUT2D eigenvalue weighted by atomic mass is 31.2. The molecule has 0 bridgehead atoms. The molecular formula is C54H47NO6P2. The molecule has 0 spiro atoms. The van der Waals surface area contributed by atoms with Crippen molar-refractivity contribution < 1.29 is 27.7 Å². The van der Waals surface area contributed by atoms with Gasteiger partial charge in [0.15, 0.2) is 17.0 Å². The van der Waals surface area contributed by atoms with E-state index in [1.54, 1.807) is 0 Å². The Kier molecular flexibility index (Phi) is 10.8. The highest BCUT2D eigenvalue weighted by molar-refractivity contribution is 7.77. The topological polar surface area (TPSA) is 83.1 Å². The van der Waals surface area contributed by atoms with E-state index in [0.717, 1.165) is 10.8 Å². The van der Waals surface area contributed by atoms with Gasteiger partial charge in [0.25, 0.3) is 0 Å². The second kappa shape index (κ2) is 16.4. The van der Waals surface area contributed by atoms with Crippen LogP contribution >= 0.6 is 14.9 Å². The Hall–Kier alpha value is -5.72. The summed E-state index contributed by atoms with van der Waals surface area (Å²) in [4.78, 5) is 0. The second-order valence-corrected chi connectivity index (χ2v) is 21.0. The van der Waals surface area contributed by atoms with Crippen LogP contribution in [0.5, 0.6) is 0 Å². The lowest BCUT2D eigenvalue weighted by Gasteiger charge is -2.42. The molecule has 8 aromatic carbocycles. The Morgan fingerprint density at radius 1 is 0.476 bits per heavy atom. The third-order valence-corrected chi connectivity index (χ3v) is 17.2. The van der Waals surface area contributed by atoms with Gasteiger partial charge in [-0.1, -0.05) is 194 Å². The van der Waals surface area contributed by atoms with E-state index in [0.29, 0.717) is 38.4 Å². The van der Waals surface area contributed by atoms with Crippen molar-refractivity contribution in [1.82, 2.24) is 5.09 Å². The standard InChI is InChI=1S/C54H47NO6P2/c1-52(2)58-49-50(59-52)54(45-29-13-5-14-30-45,46-31-15-6-16-32-46)61-63(57,60-53(49,43-25-9-3-10-26-43)44-27-11-4-12-28-44)51(42-38-37-40-23-21-22-24-41(40)39-42)55-62(56,47-33-17-7-18-34-47)48-35-19-8-20-36-48/h3-39,49-51H,1-2H3,(H,55,56)/t49-,50-,51-/m1/s1. The van der Waals surface area contributed by atoms with Crippen LogP contribution in [0.15, 0.2) is 224 Å². The van der Waals surface area contributed by atoms with E-state index in [4.69, 9.17) is 18.5 Å². The van der Waals surface area contributed by atoms with Crippen LogP contribution in [0, 0.1) is 0 Å². The number of fused-ring (bicyclic) bond motifs is 2. The molecule has 0 aromatic heterocycles. The lowest BCUT2D eigenvalue weighted by atomic mass is 9.72. The van der Waals surface area contributed by atoms with Gasteiger partial charge in [0.2, 0.25) is 7.29 Å². The van der Waals surface area contributed by atoms with Crippen LogP contribution in [-0.4, -0.2) is 18.0 Å². The minimum absolute atomic E-state index is 0.531. The van der Waals surface area contributed by atoms with Crippen molar-refractivity contribution in [2.24, 2.45) is 0 Å². The molecule has 2 fully saturated rings. The van der Waals surface area contributed by atoms with Gasteiger partial charge in [0.05, 0.1) is 0 Å². The molecule has 2 saturated heterocycles. The van der Waals surface area contributed by atoms with E-state index in [2.05, 4.69) is 5.09 Å². The van der Waals surface area contributed by atoms with Crippen LogP contribution in [-0.2, 0) is 38.9 Å². The Bertz CT molecular complexity index is 2710. The van der Waals surface area contributed by atoms with E-state index in [-0.39, 0.29) is 0 Å². The van der Waals surface area contributed by atoms with Gasteiger partial charge in [-0.15, -0.1) is 0 Å². The summed E-state index contributed by atoms with van der Waals surface area (Å²) < 4.78 is 64.2. The van der Waals surface area contributed by atoms with Gasteiger partial charge in [-0.25, -0.2) is 5.09 Å². The van der Waals surface area contributed by atoms with Crippen LogP contribution in [0.4, 0.5) is 0 Å². The van der Waals surface area contributed by atoms with Crippen LogP contribution in [0.3, 0.4) is 0 Å². The highest BCUT2D eigenvalue weighted by Gasteiger charge is 2.70. The molecule has 7 nitrogen and oxygen atoms in total. The monoisotopic (exact) mass is 867 g/mol. The van der Waals surface area contributed by atoms with Gasteiger partial charge >= 0.3 is 7.60 Å². The molecule has 2 heterocycles.